The van der Waals surface area contributed by atoms with E-state index in [0.29, 0.717) is 17.3 Å². The zero-order valence-corrected chi connectivity index (χ0v) is 13.4. The zero-order valence-electron chi connectivity index (χ0n) is 12.6. The summed E-state index contributed by atoms with van der Waals surface area (Å²) in [5, 5.41) is 17.2. The molecule has 7 heteroatoms. The summed E-state index contributed by atoms with van der Waals surface area (Å²) in [7, 11) is 1.64. The maximum atomic E-state index is 10.6. The van der Waals surface area contributed by atoms with Gasteiger partial charge in [0.25, 0.3) is 5.69 Å². The number of hydrogen-bond acceptors (Lipinski definition) is 4. The van der Waals surface area contributed by atoms with Crippen LogP contribution in [0.4, 0.5) is 11.4 Å². The third-order valence-corrected chi connectivity index (χ3v) is 3.44. The van der Waals surface area contributed by atoms with Crippen LogP contribution in [0.3, 0.4) is 0 Å². The highest BCUT2D eigenvalue weighted by Crippen LogP contribution is 2.15. The Kier molecular flexibility index (Phi) is 5.87. The molecule has 0 atom stereocenters. The van der Waals surface area contributed by atoms with Crippen molar-refractivity contribution in [1.82, 2.24) is 5.32 Å². The lowest BCUT2D eigenvalue weighted by Gasteiger charge is -2.10. The Morgan fingerprint density at radius 3 is 2.39 bits per heavy atom. The summed E-state index contributed by atoms with van der Waals surface area (Å²) in [4.78, 5) is 10.2. The molecule has 2 aromatic rings. The molecule has 0 saturated carbocycles. The first-order valence-electron chi connectivity index (χ1n) is 7.01. The van der Waals surface area contributed by atoms with Gasteiger partial charge in [-0.05, 0) is 48.5 Å². The van der Waals surface area contributed by atoms with Gasteiger partial charge in [0.05, 0.1) is 12.0 Å². The second-order valence-electron chi connectivity index (χ2n) is 4.78. The van der Waals surface area contributed by atoms with Crippen LogP contribution in [0.15, 0.2) is 48.5 Å². The van der Waals surface area contributed by atoms with Gasteiger partial charge in [0.1, 0.15) is 5.75 Å². The molecule has 0 saturated heterocycles. The summed E-state index contributed by atoms with van der Waals surface area (Å²) in [5.41, 5.74) is 1.93. The van der Waals surface area contributed by atoms with Crippen LogP contribution in [0.5, 0.6) is 5.75 Å². The lowest BCUT2D eigenvalue weighted by atomic mass is 10.1. The third kappa shape index (κ3) is 5.23. The average Bonchev–Trinajstić information content (AvgIpc) is 2.56. The number of nitrogens with one attached hydrogen (secondary N) is 2. The summed E-state index contributed by atoms with van der Waals surface area (Å²) in [6.45, 7) is 0.686. The van der Waals surface area contributed by atoms with Crippen molar-refractivity contribution in [2.24, 2.45) is 0 Å². The van der Waals surface area contributed by atoms with Crippen LogP contribution < -0.4 is 15.4 Å². The number of thiocarbonyl (C=S) groups is 1. The van der Waals surface area contributed by atoms with Gasteiger partial charge in [0, 0.05) is 24.4 Å². The molecule has 0 spiro atoms. The van der Waals surface area contributed by atoms with Crippen molar-refractivity contribution in [1.29, 1.82) is 0 Å². The molecule has 23 heavy (non-hydrogen) atoms. The molecule has 0 bridgehead atoms. The molecule has 0 amide bonds. The molecule has 120 valence electrons. The normalized spacial score (nSPS) is 9.96. The second kappa shape index (κ2) is 8.09. The second-order valence-corrected chi connectivity index (χ2v) is 5.19. The molecule has 0 unspecified atom stereocenters. The van der Waals surface area contributed by atoms with E-state index in [9.17, 15) is 10.1 Å². The summed E-state index contributed by atoms with van der Waals surface area (Å²) in [5.74, 6) is 0.831. The monoisotopic (exact) mass is 331 g/mol. The first kappa shape index (κ1) is 16.7. The topological polar surface area (TPSA) is 76.4 Å². The molecule has 6 nitrogen and oxygen atoms in total. The minimum Gasteiger partial charge on any atom is -0.497 e. The number of nitrogens with zero attached hydrogens (tertiary/aromatic N) is 1. The number of benzene rings is 2. The minimum atomic E-state index is -0.435. The van der Waals surface area contributed by atoms with Crippen LogP contribution in [-0.4, -0.2) is 23.7 Å². The van der Waals surface area contributed by atoms with E-state index < -0.39 is 4.92 Å². The van der Waals surface area contributed by atoms with Crippen molar-refractivity contribution in [3.8, 4) is 5.75 Å². The fraction of sp³-hybridized carbons (Fsp3) is 0.188. The van der Waals surface area contributed by atoms with E-state index in [1.807, 2.05) is 24.3 Å². The van der Waals surface area contributed by atoms with E-state index in [-0.39, 0.29) is 5.69 Å². The molecular formula is C16H17N3O3S. The Balaban J connectivity index is 1.77. The number of hydrogen-bond donors (Lipinski definition) is 2. The van der Waals surface area contributed by atoms with Crippen molar-refractivity contribution in [3.05, 3.63) is 64.2 Å². The standard InChI is InChI=1S/C16H17N3O3S/c1-22-15-8-2-12(3-9-15)10-11-17-16(23)18-13-4-6-14(7-5-13)19(20)21/h2-9H,10-11H2,1H3,(H2,17,18,23). The Bertz CT molecular complexity index is 672. The van der Waals surface area contributed by atoms with Gasteiger partial charge in [-0.25, -0.2) is 0 Å². The Hall–Kier alpha value is -2.67. The Labute approximate surface area is 139 Å². The predicted octanol–water partition coefficient (Wildman–Crippen LogP) is 3.13. The van der Waals surface area contributed by atoms with Gasteiger partial charge in [-0.3, -0.25) is 10.1 Å². The van der Waals surface area contributed by atoms with Crippen molar-refractivity contribution >= 4 is 28.7 Å². The number of nitro benzene ring substituents is 1. The van der Waals surface area contributed by atoms with Crippen molar-refractivity contribution in [2.75, 3.05) is 19.0 Å². The van der Waals surface area contributed by atoms with Crippen LogP contribution in [-0.2, 0) is 6.42 Å². The third-order valence-electron chi connectivity index (χ3n) is 3.19. The number of methoxy groups -OCH3 is 1. The van der Waals surface area contributed by atoms with E-state index in [2.05, 4.69) is 10.6 Å². The smallest absolute Gasteiger partial charge is 0.269 e. The quantitative estimate of drug-likeness (QED) is 0.481. The van der Waals surface area contributed by atoms with Gasteiger partial charge >= 0.3 is 0 Å². The highest BCUT2D eigenvalue weighted by molar-refractivity contribution is 7.80. The SMILES string of the molecule is COc1ccc(CCNC(=S)Nc2ccc([N+](=O)[O-])cc2)cc1. The van der Waals surface area contributed by atoms with Crippen LogP contribution in [0.2, 0.25) is 0 Å². The van der Waals surface area contributed by atoms with Gasteiger partial charge in [0.2, 0.25) is 0 Å². The molecular weight excluding hydrogens is 314 g/mol. The van der Waals surface area contributed by atoms with Gasteiger partial charge in [0.15, 0.2) is 5.11 Å². The number of rotatable bonds is 6. The molecule has 2 N–H and O–H groups in total. The lowest BCUT2D eigenvalue weighted by Crippen LogP contribution is -2.30. The van der Waals surface area contributed by atoms with Crippen LogP contribution in [0.25, 0.3) is 0 Å². The number of anilines is 1. The molecule has 0 aliphatic carbocycles. The maximum absolute atomic E-state index is 10.6. The van der Waals surface area contributed by atoms with Crippen LogP contribution >= 0.6 is 12.2 Å². The highest BCUT2D eigenvalue weighted by Gasteiger charge is 2.04. The Morgan fingerprint density at radius 2 is 1.83 bits per heavy atom. The largest absolute Gasteiger partial charge is 0.497 e. The van der Waals surface area contributed by atoms with Crippen molar-refractivity contribution < 1.29 is 9.66 Å². The molecule has 2 aromatic carbocycles. The van der Waals surface area contributed by atoms with Gasteiger partial charge in [-0.2, -0.15) is 0 Å². The Morgan fingerprint density at radius 1 is 1.17 bits per heavy atom. The van der Waals surface area contributed by atoms with Crippen molar-refractivity contribution in [2.45, 2.75) is 6.42 Å². The summed E-state index contributed by atoms with van der Waals surface area (Å²) in [6.07, 6.45) is 0.825. The average molecular weight is 331 g/mol. The lowest BCUT2D eigenvalue weighted by molar-refractivity contribution is -0.384. The fourth-order valence-corrected chi connectivity index (χ4v) is 2.17. The molecule has 0 aliphatic rings. The van der Waals surface area contributed by atoms with Crippen molar-refractivity contribution in [3.63, 3.8) is 0 Å². The van der Waals surface area contributed by atoms with E-state index in [4.69, 9.17) is 17.0 Å². The van der Waals surface area contributed by atoms with E-state index in [0.717, 1.165) is 12.2 Å². The summed E-state index contributed by atoms with van der Waals surface area (Å²) < 4.78 is 5.11. The maximum Gasteiger partial charge on any atom is 0.269 e. The fourth-order valence-electron chi connectivity index (χ4n) is 1.95. The van der Waals surface area contributed by atoms with Gasteiger partial charge in [-0.1, -0.05) is 12.1 Å². The van der Waals surface area contributed by atoms with Crippen LogP contribution in [0, 0.1) is 10.1 Å². The number of nitro groups is 1. The first-order chi connectivity index (χ1) is 11.1. The first-order valence-corrected chi connectivity index (χ1v) is 7.41. The zero-order chi connectivity index (χ0) is 16.7. The molecule has 0 aliphatic heterocycles. The molecule has 0 aromatic heterocycles. The summed E-state index contributed by atoms with van der Waals surface area (Å²) in [6, 6.07) is 14.0. The molecule has 0 heterocycles. The van der Waals surface area contributed by atoms with Gasteiger partial charge < -0.3 is 15.4 Å². The predicted molar refractivity (Wildman–Crippen MR) is 94.0 cm³/mol. The molecule has 0 radical (unpaired) electrons. The minimum absolute atomic E-state index is 0.0499. The van der Waals surface area contributed by atoms with Crippen LogP contribution in [0.1, 0.15) is 5.56 Å². The number of ether oxygens (including phenoxy) is 1. The van der Waals surface area contributed by atoms with E-state index in [1.54, 1.807) is 19.2 Å². The summed E-state index contributed by atoms with van der Waals surface area (Å²) >= 11 is 5.20. The van der Waals surface area contributed by atoms with Gasteiger partial charge in [-0.15, -0.1) is 0 Å². The molecule has 2 rings (SSSR count). The van der Waals surface area contributed by atoms with E-state index in [1.165, 1.54) is 17.7 Å². The highest BCUT2D eigenvalue weighted by atomic mass is 32.1. The molecule has 0 fully saturated rings. The van der Waals surface area contributed by atoms with E-state index >= 15 is 0 Å². The number of non-ortho nitro benzene ring substituents is 1.